The van der Waals surface area contributed by atoms with Crippen molar-refractivity contribution in [2.45, 2.75) is 25.2 Å². The van der Waals surface area contributed by atoms with Gasteiger partial charge in [-0.2, -0.15) is 4.98 Å². The lowest BCUT2D eigenvalue weighted by Gasteiger charge is -2.17. The van der Waals surface area contributed by atoms with Gasteiger partial charge in [-0.1, -0.05) is 0 Å². The van der Waals surface area contributed by atoms with Crippen LogP contribution in [-0.4, -0.2) is 62.1 Å². The average molecular weight is 451 g/mol. The van der Waals surface area contributed by atoms with E-state index >= 15 is 0 Å². The van der Waals surface area contributed by atoms with E-state index in [1.807, 2.05) is 0 Å². The summed E-state index contributed by atoms with van der Waals surface area (Å²) in [5.41, 5.74) is 5.55. The normalized spacial score (nSPS) is 21.3. The number of nitrogens with zero attached hydrogens (tertiary/aromatic N) is 3. The molecule has 0 spiro atoms. The van der Waals surface area contributed by atoms with Crippen LogP contribution in [0.3, 0.4) is 0 Å². The van der Waals surface area contributed by atoms with Gasteiger partial charge in [0, 0.05) is 6.54 Å². The maximum Gasteiger partial charge on any atom is 0.472 e. The molecule has 1 unspecified atom stereocenters. The van der Waals surface area contributed by atoms with Gasteiger partial charge in [0.2, 0.25) is 11.9 Å². The molecule has 15 heteroatoms. The quantitative estimate of drug-likeness (QED) is 0.228. The fraction of sp³-hybridized carbons (Fsp3) is 0.571. The number of hydrogen-bond donors (Lipinski definition) is 4. The zero-order valence-electron chi connectivity index (χ0n) is 15.1. The first-order valence-corrected chi connectivity index (χ1v) is 10.6. The van der Waals surface area contributed by atoms with Gasteiger partial charge >= 0.3 is 7.82 Å². The monoisotopic (exact) mass is 450 g/mol. The van der Waals surface area contributed by atoms with Crippen molar-refractivity contribution < 1.29 is 28.0 Å². The molecule has 1 fully saturated rings. The highest BCUT2D eigenvalue weighted by molar-refractivity contribution is 7.47. The van der Waals surface area contributed by atoms with Crippen molar-refractivity contribution in [2.24, 2.45) is 0 Å². The summed E-state index contributed by atoms with van der Waals surface area (Å²) in [5.74, 6) is -0.668. The molecule has 0 aliphatic carbocycles. The highest BCUT2D eigenvalue weighted by Crippen LogP contribution is 2.44. The highest BCUT2D eigenvalue weighted by Gasteiger charge is 2.31. The molecule has 3 rings (SSSR count). The molecule has 29 heavy (non-hydrogen) atoms. The summed E-state index contributed by atoms with van der Waals surface area (Å²) in [4.78, 5) is 43.0. The summed E-state index contributed by atoms with van der Waals surface area (Å²) < 4.78 is 29.0. The molecule has 1 aliphatic heterocycles. The number of nitrogens with one attached hydrogen (secondary N) is 2. The van der Waals surface area contributed by atoms with Crippen LogP contribution in [0.15, 0.2) is 11.1 Å². The second-order valence-electron chi connectivity index (χ2n) is 6.15. The first kappa shape index (κ1) is 21.7. The number of halogens is 1. The van der Waals surface area contributed by atoms with E-state index in [4.69, 9.17) is 31.1 Å². The maximum atomic E-state index is 11.9. The number of phosphoric ester groups is 1. The number of carbonyl (C=O) groups excluding carboxylic acids is 1. The number of imidazole rings is 1. The van der Waals surface area contributed by atoms with Crippen LogP contribution in [0.2, 0.25) is 0 Å². The topological polar surface area (TPSA) is 184 Å². The number of carbonyl (C=O) groups is 1. The van der Waals surface area contributed by atoms with Crippen molar-refractivity contribution in [2.75, 3.05) is 31.4 Å². The molecule has 1 amide bonds. The third kappa shape index (κ3) is 5.53. The van der Waals surface area contributed by atoms with Crippen molar-refractivity contribution in [3.05, 3.63) is 16.7 Å². The zero-order valence-corrected chi connectivity index (χ0v) is 16.8. The van der Waals surface area contributed by atoms with Crippen LogP contribution < -0.4 is 16.6 Å². The molecule has 2 aromatic heterocycles. The smallest absolute Gasteiger partial charge is 0.369 e. The Labute approximate surface area is 169 Å². The number of fused-ring (bicyclic) bond motifs is 1. The number of alkyl halides is 1. The van der Waals surface area contributed by atoms with Crippen LogP contribution in [0, 0.1) is 0 Å². The third-order valence-corrected chi connectivity index (χ3v) is 5.30. The predicted octanol–water partition coefficient (Wildman–Crippen LogP) is -0.132. The number of ether oxygens (including phenoxy) is 1. The number of rotatable bonds is 9. The Balaban J connectivity index is 1.51. The van der Waals surface area contributed by atoms with Gasteiger partial charge < -0.3 is 20.7 Å². The van der Waals surface area contributed by atoms with Crippen molar-refractivity contribution >= 4 is 42.4 Å². The third-order valence-electron chi connectivity index (χ3n) is 4.07. The molecule has 3 heterocycles. The van der Waals surface area contributed by atoms with Crippen LogP contribution in [0.5, 0.6) is 0 Å². The van der Waals surface area contributed by atoms with E-state index in [-0.39, 0.29) is 42.8 Å². The number of nitrogens with two attached hydrogens (primary N) is 1. The minimum Gasteiger partial charge on any atom is -0.369 e. The Morgan fingerprint density at radius 2 is 2.31 bits per heavy atom. The van der Waals surface area contributed by atoms with Crippen LogP contribution in [0.25, 0.3) is 11.2 Å². The van der Waals surface area contributed by atoms with Crippen LogP contribution in [0.4, 0.5) is 5.95 Å². The Bertz CT molecular complexity index is 981. The highest BCUT2D eigenvalue weighted by atomic mass is 35.5. The Morgan fingerprint density at radius 1 is 1.52 bits per heavy atom. The molecular weight excluding hydrogens is 431 g/mol. The molecule has 1 saturated heterocycles. The van der Waals surface area contributed by atoms with Crippen molar-refractivity contribution in [1.82, 2.24) is 24.8 Å². The van der Waals surface area contributed by atoms with Gasteiger partial charge in [0.1, 0.15) is 12.1 Å². The first-order chi connectivity index (χ1) is 13.8. The minimum atomic E-state index is -4.30. The minimum absolute atomic E-state index is 0.0183. The molecular formula is C14H20ClN6O7P. The SMILES string of the molecule is Nc1nc2c(ncn2[C@H]2CC[C@@H](COP(=O)(O)OCCNC(=O)CCl)O2)c(=O)[nH]1. The van der Waals surface area contributed by atoms with Gasteiger partial charge in [-0.15, -0.1) is 11.6 Å². The number of aromatic amines is 1. The van der Waals surface area contributed by atoms with Gasteiger partial charge in [0.15, 0.2) is 11.2 Å². The number of aromatic nitrogens is 4. The van der Waals surface area contributed by atoms with Crippen molar-refractivity contribution in [3.8, 4) is 0 Å². The zero-order chi connectivity index (χ0) is 21.0. The molecule has 0 saturated carbocycles. The van der Waals surface area contributed by atoms with E-state index in [2.05, 4.69) is 20.3 Å². The molecule has 2 aromatic rings. The van der Waals surface area contributed by atoms with Crippen LogP contribution >= 0.6 is 19.4 Å². The number of hydrogen-bond acceptors (Lipinski definition) is 9. The van der Waals surface area contributed by atoms with E-state index < -0.39 is 31.6 Å². The standard InChI is InChI=1S/C14H20ClN6O7P/c15-5-9(22)17-3-4-26-29(24,25)27-6-8-1-2-10(28-8)21-7-18-11-12(21)19-14(16)20-13(11)23/h7-8,10H,1-6H2,(H,17,22)(H,24,25)(H3,16,19,20,23)/t8-,10+/m0/s1. The number of nitrogen functional groups attached to an aromatic ring is 1. The van der Waals surface area contributed by atoms with Crippen LogP contribution in [0.1, 0.15) is 19.1 Å². The molecule has 0 radical (unpaired) electrons. The molecule has 0 bridgehead atoms. The molecule has 0 aromatic carbocycles. The number of H-pyrrole nitrogens is 1. The van der Waals surface area contributed by atoms with E-state index in [1.165, 1.54) is 6.33 Å². The lowest BCUT2D eigenvalue weighted by Crippen LogP contribution is -2.28. The van der Waals surface area contributed by atoms with E-state index in [0.717, 1.165) is 0 Å². The van der Waals surface area contributed by atoms with Gasteiger partial charge in [0.25, 0.3) is 5.56 Å². The van der Waals surface area contributed by atoms with Crippen molar-refractivity contribution in [1.29, 1.82) is 0 Å². The van der Waals surface area contributed by atoms with Crippen LogP contribution in [-0.2, 0) is 23.1 Å². The molecule has 13 nitrogen and oxygen atoms in total. The molecule has 1 aliphatic rings. The van der Waals surface area contributed by atoms with Gasteiger partial charge in [-0.3, -0.25) is 28.2 Å². The predicted molar refractivity (Wildman–Crippen MR) is 101 cm³/mol. The lowest BCUT2D eigenvalue weighted by molar-refractivity contribution is -0.118. The molecule has 160 valence electrons. The summed E-state index contributed by atoms with van der Waals surface area (Å²) in [7, 11) is -4.30. The summed E-state index contributed by atoms with van der Waals surface area (Å²) in [6, 6.07) is 0. The van der Waals surface area contributed by atoms with Gasteiger partial charge in [0.05, 0.1) is 25.6 Å². The maximum absolute atomic E-state index is 11.9. The number of anilines is 1. The van der Waals surface area contributed by atoms with E-state index in [1.54, 1.807) is 4.57 Å². The summed E-state index contributed by atoms with van der Waals surface area (Å²) in [6.45, 7) is -0.376. The Morgan fingerprint density at radius 3 is 3.07 bits per heavy atom. The second-order valence-corrected chi connectivity index (χ2v) is 7.87. The molecule has 3 atom stereocenters. The number of amides is 1. The fourth-order valence-electron chi connectivity index (χ4n) is 2.78. The van der Waals surface area contributed by atoms with Gasteiger partial charge in [-0.25, -0.2) is 9.55 Å². The summed E-state index contributed by atoms with van der Waals surface area (Å²) >= 11 is 5.31. The lowest BCUT2D eigenvalue weighted by atomic mass is 10.2. The Kier molecular flexibility index (Phi) is 6.88. The van der Waals surface area contributed by atoms with E-state index in [9.17, 15) is 19.0 Å². The first-order valence-electron chi connectivity index (χ1n) is 8.61. The largest absolute Gasteiger partial charge is 0.472 e. The van der Waals surface area contributed by atoms with Gasteiger partial charge in [-0.05, 0) is 12.8 Å². The summed E-state index contributed by atoms with van der Waals surface area (Å²) in [6.07, 6.45) is 1.56. The summed E-state index contributed by atoms with van der Waals surface area (Å²) in [5, 5.41) is 2.39. The Hall–Kier alpha value is -2.02. The molecule has 5 N–H and O–H groups in total. The number of phosphoric acid groups is 1. The second kappa shape index (κ2) is 9.20. The fourth-order valence-corrected chi connectivity index (χ4v) is 3.63. The van der Waals surface area contributed by atoms with Crippen molar-refractivity contribution in [3.63, 3.8) is 0 Å². The average Bonchev–Trinajstić information content (AvgIpc) is 3.30. The van der Waals surface area contributed by atoms with E-state index in [0.29, 0.717) is 12.8 Å².